The fraction of sp³-hybridized carbons (Fsp3) is 0.235. The molecule has 25 heavy (non-hydrogen) atoms. The van der Waals surface area contributed by atoms with Crippen LogP contribution in [0.25, 0.3) is 0 Å². The maximum atomic E-state index is 13.8. The normalized spacial score (nSPS) is 15.8. The zero-order valence-corrected chi connectivity index (χ0v) is 14.0. The molecule has 1 aliphatic heterocycles. The van der Waals surface area contributed by atoms with Gasteiger partial charge in [0, 0.05) is 26.2 Å². The number of nitrogens with zero attached hydrogens (tertiary/aromatic N) is 3. The van der Waals surface area contributed by atoms with Gasteiger partial charge in [0.2, 0.25) is 10.0 Å². The van der Waals surface area contributed by atoms with E-state index in [1.165, 1.54) is 0 Å². The number of hydrogen-bond acceptors (Lipinski definition) is 4. The van der Waals surface area contributed by atoms with Gasteiger partial charge in [0.15, 0.2) is 4.90 Å². The van der Waals surface area contributed by atoms with Crippen molar-refractivity contribution in [1.82, 2.24) is 4.31 Å². The quantitative estimate of drug-likeness (QED) is 0.840. The number of sulfonamides is 1. The third-order valence-electron chi connectivity index (χ3n) is 4.12. The van der Waals surface area contributed by atoms with Crippen LogP contribution in [0.1, 0.15) is 5.56 Å². The lowest BCUT2D eigenvalue weighted by Gasteiger charge is -2.35. The molecule has 2 aromatic carbocycles. The van der Waals surface area contributed by atoms with Gasteiger partial charge < -0.3 is 4.90 Å². The molecule has 130 valence electrons. The number of halogens is 2. The number of para-hydroxylation sites is 1. The van der Waals surface area contributed by atoms with E-state index < -0.39 is 26.6 Å². The van der Waals surface area contributed by atoms with E-state index >= 15 is 0 Å². The highest BCUT2D eigenvalue weighted by Gasteiger charge is 2.33. The molecule has 1 heterocycles. The second kappa shape index (κ2) is 6.78. The van der Waals surface area contributed by atoms with Crippen LogP contribution in [0.3, 0.4) is 0 Å². The van der Waals surface area contributed by atoms with Crippen molar-refractivity contribution in [2.45, 2.75) is 4.90 Å². The standard InChI is InChI=1S/C17H15F2N3O2S/c18-14-5-3-6-15(19)17(14)25(23,24)22-10-8-21(9-11-22)16-7-2-1-4-13(16)12-20/h1-7H,8-11H2. The van der Waals surface area contributed by atoms with E-state index in [4.69, 9.17) is 0 Å². The Bertz CT molecular complexity index is 913. The summed E-state index contributed by atoms with van der Waals surface area (Å²) in [7, 11) is -4.25. The molecule has 5 nitrogen and oxygen atoms in total. The first kappa shape index (κ1) is 17.3. The van der Waals surface area contributed by atoms with Gasteiger partial charge in [0.05, 0.1) is 11.3 Å². The fourth-order valence-electron chi connectivity index (χ4n) is 2.87. The third kappa shape index (κ3) is 3.21. The van der Waals surface area contributed by atoms with Gasteiger partial charge in [-0.3, -0.25) is 0 Å². The van der Waals surface area contributed by atoms with E-state index in [0.29, 0.717) is 18.7 Å². The summed E-state index contributed by atoms with van der Waals surface area (Å²) < 4.78 is 53.9. The summed E-state index contributed by atoms with van der Waals surface area (Å²) in [4.78, 5) is 0.975. The molecule has 0 atom stereocenters. The van der Waals surface area contributed by atoms with Gasteiger partial charge in [-0.15, -0.1) is 0 Å². The van der Waals surface area contributed by atoms with E-state index in [0.717, 1.165) is 28.2 Å². The molecule has 1 fully saturated rings. The summed E-state index contributed by atoms with van der Waals surface area (Å²) in [5.74, 6) is -2.20. The maximum absolute atomic E-state index is 13.8. The van der Waals surface area contributed by atoms with Crippen LogP contribution in [0.4, 0.5) is 14.5 Å². The predicted molar refractivity (Wildman–Crippen MR) is 88.5 cm³/mol. The summed E-state index contributed by atoms with van der Waals surface area (Å²) in [5, 5.41) is 9.17. The van der Waals surface area contributed by atoms with Crippen LogP contribution in [0, 0.1) is 23.0 Å². The third-order valence-corrected chi connectivity index (χ3v) is 6.07. The van der Waals surface area contributed by atoms with Crippen molar-refractivity contribution in [2.24, 2.45) is 0 Å². The van der Waals surface area contributed by atoms with E-state index in [2.05, 4.69) is 6.07 Å². The first-order valence-corrected chi connectivity index (χ1v) is 9.07. The molecule has 2 aromatic rings. The van der Waals surface area contributed by atoms with Gasteiger partial charge in [0.1, 0.15) is 17.7 Å². The first-order valence-electron chi connectivity index (χ1n) is 7.63. The van der Waals surface area contributed by atoms with Crippen molar-refractivity contribution in [3.63, 3.8) is 0 Å². The van der Waals surface area contributed by atoms with Crippen molar-refractivity contribution in [2.75, 3.05) is 31.1 Å². The van der Waals surface area contributed by atoms with Crippen LogP contribution >= 0.6 is 0 Å². The van der Waals surface area contributed by atoms with Crippen LogP contribution in [0.15, 0.2) is 47.4 Å². The van der Waals surface area contributed by atoms with Crippen molar-refractivity contribution in [3.05, 3.63) is 59.7 Å². The van der Waals surface area contributed by atoms with E-state index in [1.807, 2.05) is 4.90 Å². The average molecular weight is 363 g/mol. The smallest absolute Gasteiger partial charge is 0.249 e. The summed E-state index contributed by atoms with van der Waals surface area (Å²) in [6.45, 7) is 0.813. The minimum Gasteiger partial charge on any atom is -0.368 e. The number of rotatable bonds is 3. The lowest BCUT2D eigenvalue weighted by Crippen LogP contribution is -2.49. The number of nitriles is 1. The van der Waals surface area contributed by atoms with Gasteiger partial charge in [-0.05, 0) is 24.3 Å². The molecule has 0 radical (unpaired) electrons. The Morgan fingerprint density at radius 3 is 2.12 bits per heavy atom. The van der Waals surface area contributed by atoms with Crippen LogP contribution in [0.2, 0.25) is 0 Å². The molecule has 0 aliphatic carbocycles. The second-order valence-corrected chi connectivity index (χ2v) is 7.45. The molecule has 0 aromatic heterocycles. The first-order chi connectivity index (χ1) is 11.9. The highest BCUT2D eigenvalue weighted by atomic mass is 32.2. The highest BCUT2D eigenvalue weighted by Crippen LogP contribution is 2.26. The van der Waals surface area contributed by atoms with Crippen LogP contribution < -0.4 is 4.90 Å². The number of anilines is 1. The maximum Gasteiger partial charge on any atom is 0.249 e. The molecule has 3 rings (SSSR count). The van der Waals surface area contributed by atoms with Crippen LogP contribution in [0.5, 0.6) is 0 Å². The minimum atomic E-state index is -4.25. The molecule has 0 unspecified atom stereocenters. The van der Waals surface area contributed by atoms with Gasteiger partial charge in [-0.2, -0.15) is 9.57 Å². The van der Waals surface area contributed by atoms with E-state index in [-0.39, 0.29) is 13.1 Å². The Balaban J connectivity index is 1.82. The van der Waals surface area contributed by atoms with Crippen molar-refractivity contribution in [1.29, 1.82) is 5.26 Å². The summed E-state index contributed by atoms with van der Waals surface area (Å²) in [6.07, 6.45) is 0. The molecule has 0 spiro atoms. The number of piperazine rings is 1. The zero-order valence-electron chi connectivity index (χ0n) is 13.2. The van der Waals surface area contributed by atoms with Crippen molar-refractivity contribution in [3.8, 4) is 6.07 Å². The average Bonchev–Trinajstić information content (AvgIpc) is 2.61. The minimum absolute atomic E-state index is 0.0792. The Hall–Kier alpha value is -2.50. The summed E-state index contributed by atoms with van der Waals surface area (Å²) >= 11 is 0. The number of hydrogen-bond donors (Lipinski definition) is 0. The second-order valence-electron chi connectivity index (χ2n) is 5.57. The van der Waals surface area contributed by atoms with Crippen LogP contribution in [-0.4, -0.2) is 38.9 Å². The van der Waals surface area contributed by atoms with E-state index in [1.54, 1.807) is 24.3 Å². The fourth-order valence-corrected chi connectivity index (χ4v) is 4.40. The SMILES string of the molecule is N#Cc1ccccc1N1CCN(S(=O)(=O)c2c(F)cccc2F)CC1. The zero-order chi connectivity index (χ0) is 18.0. The van der Waals surface area contributed by atoms with Crippen LogP contribution in [-0.2, 0) is 10.0 Å². The van der Waals surface area contributed by atoms with Gasteiger partial charge in [-0.1, -0.05) is 18.2 Å². The van der Waals surface area contributed by atoms with Crippen molar-refractivity contribution >= 4 is 15.7 Å². The molecule has 0 N–H and O–H groups in total. The topological polar surface area (TPSA) is 64.4 Å². The Kier molecular flexibility index (Phi) is 4.70. The lowest BCUT2D eigenvalue weighted by molar-refractivity contribution is 0.378. The highest BCUT2D eigenvalue weighted by molar-refractivity contribution is 7.89. The molecule has 1 aliphatic rings. The monoisotopic (exact) mass is 363 g/mol. The summed E-state index contributed by atoms with van der Waals surface area (Å²) in [5.41, 5.74) is 1.22. The van der Waals surface area contributed by atoms with E-state index in [9.17, 15) is 22.5 Å². The van der Waals surface area contributed by atoms with Gasteiger partial charge in [-0.25, -0.2) is 17.2 Å². The molecule has 0 amide bonds. The van der Waals surface area contributed by atoms with Gasteiger partial charge >= 0.3 is 0 Å². The molecular weight excluding hydrogens is 348 g/mol. The molecular formula is C17H15F2N3O2S. The molecule has 1 saturated heterocycles. The largest absolute Gasteiger partial charge is 0.368 e. The predicted octanol–water partition coefficient (Wildman–Crippen LogP) is 2.35. The lowest BCUT2D eigenvalue weighted by atomic mass is 10.1. The number of benzene rings is 2. The Morgan fingerprint density at radius 2 is 1.52 bits per heavy atom. The Morgan fingerprint density at radius 1 is 0.920 bits per heavy atom. The van der Waals surface area contributed by atoms with Crippen molar-refractivity contribution < 1.29 is 17.2 Å². The molecule has 8 heteroatoms. The Labute approximate surface area is 144 Å². The molecule has 0 saturated carbocycles. The molecule has 0 bridgehead atoms. The summed E-state index contributed by atoms with van der Waals surface area (Å²) in [6, 6.07) is 12.1. The van der Waals surface area contributed by atoms with Gasteiger partial charge in [0.25, 0.3) is 0 Å².